The predicted octanol–water partition coefficient (Wildman–Crippen LogP) is 1.43. The maximum Gasteiger partial charge on any atom is 0.289 e. The molecule has 0 aliphatic rings. The van der Waals surface area contributed by atoms with Crippen LogP contribution in [0.2, 0.25) is 0 Å². The molecule has 1 heterocycles. The predicted molar refractivity (Wildman–Crippen MR) is 63.8 cm³/mol. The maximum absolute atomic E-state index is 11.7. The molecule has 0 aliphatic heterocycles. The van der Waals surface area contributed by atoms with Gasteiger partial charge in [0.25, 0.3) is 5.91 Å². The topological polar surface area (TPSA) is 75.4 Å². The first kappa shape index (κ1) is 13.7. The van der Waals surface area contributed by atoms with Crippen LogP contribution in [0.5, 0.6) is 0 Å². The van der Waals surface area contributed by atoms with Crippen LogP contribution in [0.4, 0.5) is 0 Å². The molecule has 1 aromatic heterocycles. The van der Waals surface area contributed by atoms with Crippen LogP contribution >= 0.6 is 0 Å². The molecule has 0 radical (unpaired) electrons. The minimum Gasteiger partial charge on any atom is -0.436 e. The van der Waals surface area contributed by atoms with Crippen molar-refractivity contribution in [1.29, 1.82) is 0 Å². The number of hydrogen-bond acceptors (Lipinski definition) is 4. The molecule has 0 bridgehead atoms. The largest absolute Gasteiger partial charge is 0.436 e. The molecule has 17 heavy (non-hydrogen) atoms. The van der Waals surface area contributed by atoms with Crippen molar-refractivity contribution in [1.82, 2.24) is 10.3 Å². The number of amides is 1. The van der Waals surface area contributed by atoms with Gasteiger partial charge in [-0.05, 0) is 25.7 Å². The Balaban J connectivity index is 2.33. The van der Waals surface area contributed by atoms with Gasteiger partial charge in [-0.1, -0.05) is 6.92 Å². The molecule has 1 unspecified atom stereocenters. The summed E-state index contributed by atoms with van der Waals surface area (Å²) < 4.78 is 5.21. The van der Waals surface area contributed by atoms with Crippen LogP contribution in [-0.2, 0) is 0 Å². The zero-order chi connectivity index (χ0) is 12.8. The molecular weight excluding hydrogens is 220 g/mol. The summed E-state index contributed by atoms with van der Waals surface area (Å²) in [5, 5.41) is 11.6. The summed E-state index contributed by atoms with van der Waals surface area (Å²) in [6, 6.07) is 0. The quantitative estimate of drug-likeness (QED) is 0.737. The number of aliphatic hydroxyl groups is 1. The fourth-order valence-electron chi connectivity index (χ4n) is 1.57. The number of nitrogens with zero attached hydrogens (tertiary/aromatic N) is 1. The molecule has 2 N–H and O–H groups in total. The fourth-order valence-corrected chi connectivity index (χ4v) is 1.57. The summed E-state index contributed by atoms with van der Waals surface area (Å²) in [6.07, 6.45) is 1.74. The Bertz CT molecular complexity index is 374. The van der Waals surface area contributed by atoms with E-state index in [0.717, 1.165) is 12.8 Å². The van der Waals surface area contributed by atoms with Gasteiger partial charge in [-0.15, -0.1) is 0 Å². The minimum absolute atomic E-state index is 0.189. The number of aromatic nitrogens is 1. The van der Waals surface area contributed by atoms with Crippen LogP contribution in [0.15, 0.2) is 4.42 Å². The standard InChI is InChI=1S/C12H20N2O3/c1-8(7-15)5-4-6-13-12(16)11-9(2)14-10(3)17-11/h8,15H,4-7H2,1-3H3,(H,13,16). The Hall–Kier alpha value is -1.36. The molecule has 0 saturated heterocycles. The monoisotopic (exact) mass is 240 g/mol. The lowest BCUT2D eigenvalue weighted by Crippen LogP contribution is -2.25. The second-order valence-corrected chi connectivity index (χ2v) is 4.33. The molecule has 0 spiro atoms. The van der Waals surface area contributed by atoms with Crippen LogP contribution < -0.4 is 5.32 Å². The Labute approximate surface area is 101 Å². The highest BCUT2D eigenvalue weighted by Gasteiger charge is 2.14. The normalized spacial score (nSPS) is 12.5. The smallest absolute Gasteiger partial charge is 0.289 e. The first-order chi connectivity index (χ1) is 8.04. The van der Waals surface area contributed by atoms with Crippen molar-refractivity contribution in [2.45, 2.75) is 33.6 Å². The first-order valence-corrected chi connectivity index (χ1v) is 5.87. The fraction of sp³-hybridized carbons (Fsp3) is 0.667. The molecule has 0 aromatic carbocycles. The Morgan fingerprint density at radius 2 is 2.24 bits per heavy atom. The van der Waals surface area contributed by atoms with E-state index in [2.05, 4.69) is 10.3 Å². The van der Waals surface area contributed by atoms with E-state index in [1.54, 1.807) is 13.8 Å². The average molecular weight is 240 g/mol. The van der Waals surface area contributed by atoms with Gasteiger partial charge >= 0.3 is 0 Å². The molecular formula is C12H20N2O3. The molecule has 1 aromatic rings. The molecule has 5 nitrogen and oxygen atoms in total. The van der Waals surface area contributed by atoms with E-state index in [9.17, 15) is 4.79 Å². The Kier molecular flexibility index (Phi) is 5.15. The van der Waals surface area contributed by atoms with Crippen LogP contribution in [-0.4, -0.2) is 29.1 Å². The van der Waals surface area contributed by atoms with Gasteiger partial charge in [0, 0.05) is 20.1 Å². The van der Waals surface area contributed by atoms with Crippen LogP contribution in [0.1, 0.15) is 41.9 Å². The zero-order valence-electron chi connectivity index (χ0n) is 10.6. The molecule has 96 valence electrons. The highest BCUT2D eigenvalue weighted by atomic mass is 16.4. The lowest BCUT2D eigenvalue weighted by Gasteiger charge is -2.07. The molecule has 0 fully saturated rings. The summed E-state index contributed by atoms with van der Waals surface area (Å²) in [4.78, 5) is 15.7. The highest BCUT2D eigenvalue weighted by molar-refractivity contribution is 5.92. The summed E-state index contributed by atoms with van der Waals surface area (Å²) in [7, 11) is 0. The lowest BCUT2D eigenvalue weighted by molar-refractivity contribution is 0.0922. The second-order valence-electron chi connectivity index (χ2n) is 4.33. The van der Waals surface area contributed by atoms with E-state index in [4.69, 9.17) is 9.52 Å². The average Bonchev–Trinajstić information content (AvgIpc) is 2.63. The number of rotatable bonds is 6. The van der Waals surface area contributed by atoms with Gasteiger partial charge in [0.05, 0.1) is 5.69 Å². The van der Waals surface area contributed by atoms with E-state index in [-0.39, 0.29) is 24.2 Å². The molecule has 1 rings (SSSR count). The van der Waals surface area contributed by atoms with Crippen molar-refractivity contribution in [3.8, 4) is 0 Å². The third-order valence-electron chi connectivity index (χ3n) is 2.58. The first-order valence-electron chi connectivity index (χ1n) is 5.87. The molecule has 1 amide bonds. The van der Waals surface area contributed by atoms with Crippen molar-refractivity contribution in [2.24, 2.45) is 5.92 Å². The van der Waals surface area contributed by atoms with Crippen LogP contribution in [0.3, 0.4) is 0 Å². The third kappa shape index (κ3) is 4.19. The van der Waals surface area contributed by atoms with Gasteiger partial charge in [-0.25, -0.2) is 4.98 Å². The number of nitrogens with one attached hydrogen (secondary N) is 1. The van der Waals surface area contributed by atoms with Gasteiger partial charge in [0.15, 0.2) is 5.89 Å². The van der Waals surface area contributed by atoms with Crippen molar-refractivity contribution in [2.75, 3.05) is 13.2 Å². The maximum atomic E-state index is 11.7. The minimum atomic E-state index is -0.222. The van der Waals surface area contributed by atoms with Gasteiger partial charge in [0.2, 0.25) is 5.76 Å². The van der Waals surface area contributed by atoms with E-state index in [0.29, 0.717) is 18.1 Å². The summed E-state index contributed by atoms with van der Waals surface area (Å²) >= 11 is 0. The van der Waals surface area contributed by atoms with E-state index in [1.165, 1.54) is 0 Å². The van der Waals surface area contributed by atoms with Crippen LogP contribution in [0, 0.1) is 19.8 Å². The van der Waals surface area contributed by atoms with E-state index >= 15 is 0 Å². The number of oxazole rings is 1. The molecule has 0 aliphatic carbocycles. The zero-order valence-corrected chi connectivity index (χ0v) is 10.6. The third-order valence-corrected chi connectivity index (χ3v) is 2.58. The van der Waals surface area contributed by atoms with Crippen molar-refractivity contribution in [3.63, 3.8) is 0 Å². The van der Waals surface area contributed by atoms with Crippen LogP contribution in [0.25, 0.3) is 0 Å². The van der Waals surface area contributed by atoms with E-state index in [1.807, 2.05) is 6.92 Å². The summed E-state index contributed by atoms with van der Waals surface area (Å²) in [5.41, 5.74) is 0.615. The highest BCUT2D eigenvalue weighted by Crippen LogP contribution is 2.09. The number of carbonyl (C=O) groups is 1. The summed E-state index contributed by atoms with van der Waals surface area (Å²) in [6.45, 7) is 6.22. The Morgan fingerprint density at radius 3 is 2.76 bits per heavy atom. The molecule has 5 heteroatoms. The second kappa shape index (κ2) is 6.39. The van der Waals surface area contributed by atoms with E-state index < -0.39 is 0 Å². The van der Waals surface area contributed by atoms with Gasteiger partial charge in [-0.3, -0.25) is 4.79 Å². The number of aliphatic hydroxyl groups excluding tert-OH is 1. The molecule has 1 atom stereocenters. The Morgan fingerprint density at radius 1 is 1.53 bits per heavy atom. The lowest BCUT2D eigenvalue weighted by atomic mass is 10.1. The summed E-state index contributed by atoms with van der Waals surface area (Å²) in [5.74, 6) is 0.847. The number of aryl methyl sites for hydroxylation is 2. The molecule has 0 saturated carbocycles. The van der Waals surface area contributed by atoms with Gasteiger partial charge in [0.1, 0.15) is 0 Å². The van der Waals surface area contributed by atoms with Crippen molar-refractivity contribution < 1.29 is 14.3 Å². The SMILES string of the molecule is Cc1nc(C)c(C(=O)NCCCC(C)CO)o1. The van der Waals surface area contributed by atoms with Crippen molar-refractivity contribution >= 4 is 5.91 Å². The van der Waals surface area contributed by atoms with Crippen molar-refractivity contribution in [3.05, 3.63) is 17.3 Å². The van der Waals surface area contributed by atoms with Gasteiger partial charge < -0.3 is 14.8 Å². The number of carbonyl (C=O) groups excluding carboxylic acids is 1. The number of hydrogen-bond donors (Lipinski definition) is 2. The van der Waals surface area contributed by atoms with Gasteiger partial charge in [-0.2, -0.15) is 0 Å².